The number of rotatable bonds is 7. The average molecular weight is 349 g/mol. The fourth-order valence-corrected chi connectivity index (χ4v) is 2.91. The summed E-state index contributed by atoms with van der Waals surface area (Å²) in [6.07, 6.45) is 0.432. The van der Waals surface area contributed by atoms with Crippen LogP contribution in [0.25, 0.3) is 11.5 Å². The van der Waals surface area contributed by atoms with Gasteiger partial charge >= 0.3 is 0 Å². The van der Waals surface area contributed by atoms with Crippen LogP contribution >= 0.6 is 0 Å². The largest absolute Gasteiger partial charge is 0.419 e. The molecule has 134 valence electrons. The van der Waals surface area contributed by atoms with Crippen molar-refractivity contribution in [3.8, 4) is 11.5 Å². The lowest BCUT2D eigenvalue weighted by Crippen LogP contribution is -2.26. The standard InChI is InChI=1S/C21H23N3O2/c1-15(2)18(16-9-5-3-6-10-16)13-19(25)22-14-20-23-24-21(26-20)17-11-7-4-8-12-17/h3-12,15,18H,13-14H2,1-2H3,(H,22,25). The van der Waals surface area contributed by atoms with Crippen LogP contribution in [-0.4, -0.2) is 16.1 Å². The highest BCUT2D eigenvalue weighted by molar-refractivity contribution is 5.76. The van der Waals surface area contributed by atoms with E-state index in [4.69, 9.17) is 4.42 Å². The maximum atomic E-state index is 12.4. The molecule has 0 saturated heterocycles. The predicted molar refractivity (Wildman–Crippen MR) is 100 cm³/mol. The van der Waals surface area contributed by atoms with Gasteiger partial charge in [-0.2, -0.15) is 0 Å². The van der Waals surface area contributed by atoms with Crippen LogP contribution in [0.4, 0.5) is 0 Å². The van der Waals surface area contributed by atoms with Crippen LogP contribution in [0.15, 0.2) is 65.1 Å². The first-order chi connectivity index (χ1) is 12.6. The van der Waals surface area contributed by atoms with Gasteiger partial charge in [0.15, 0.2) is 0 Å². The van der Waals surface area contributed by atoms with Crippen LogP contribution in [0.1, 0.15) is 37.6 Å². The fourth-order valence-electron chi connectivity index (χ4n) is 2.91. The molecule has 0 aliphatic heterocycles. The van der Waals surface area contributed by atoms with E-state index in [0.29, 0.717) is 24.1 Å². The summed E-state index contributed by atoms with van der Waals surface area (Å²) in [7, 11) is 0. The minimum atomic E-state index is -0.0213. The molecule has 1 atom stereocenters. The third-order valence-corrected chi connectivity index (χ3v) is 4.36. The Kier molecular flexibility index (Phi) is 5.79. The quantitative estimate of drug-likeness (QED) is 0.695. The Morgan fingerprint density at radius 2 is 1.65 bits per heavy atom. The number of amides is 1. The van der Waals surface area contributed by atoms with E-state index in [1.807, 2.05) is 48.5 Å². The number of hydrogen-bond donors (Lipinski definition) is 1. The van der Waals surface area contributed by atoms with Gasteiger partial charge in [0, 0.05) is 12.0 Å². The van der Waals surface area contributed by atoms with Gasteiger partial charge in [-0.05, 0) is 29.5 Å². The number of hydrogen-bond acceptors (Lipinski definition) is 4. The molecule has 3 aromatic rings. The zero-order valence-corrected chi connectivity index (χ0v) is 15.1. The molecule has 26 heavy (non-hydrogen) atoms. The normalized spacial score (nSPS) is 12.1. The fraction of sp³-hybridized carbons (Fsp3) is 0.286. The van der Waals surface area contributed by atoms with E-state index >= 15 is 0 Å². The van der Waals surface area contributed by atoms with Gasteiger partial charge in [0.25, 0.3) is 0 Å². The zero-order valence-electron chi connectivity index (χ0n) is 15.1. The highest BCUT2D eigenvalue weighted by atomic mass is 16.4. The smallest absolute Gasteiger partial charge is 0.247 e. The second kappa shape index (κ2) is 8.43. The number of carbonyl (C=O) groups is 1. The summed E-state index contributed by atoms with van der Waals surface area (Å²) >= 11 is 0. The molecule has 1 N–H and O–H groups in total. The first kappa shape index (κ1) is 17.9. The van der Waals surface area contributed by atoms with Crippen LogP contribution in [0.3, 0.4) is 0 Å². The summed E-state index contributed by atoms with van der Waals surface area (Å²) in [5, 5.41) is 10.9. The lowest BCUT2D eigenvalue weighted by atomic mass is 9.85. The van der Waals surface area contributed by atoms with Crippen molar-refractivity contribution in [2.75, 3.05) is 0 Å². The van der Waals surface area contributed by atoms with E-state index in [2.05, 4.69) is 41.5 Å². The number of nitrogens with zero attached hydrogens (tertiary/aromatic N) is 2. The van der Waals surface area contributed by atoms with E-state index < -0.39 is 0 Å². The Morgan fingerprint density at radius 1 is 1.00 bits per heavy atom. The number of aromatic nitrogens is 2. The van der Waals surface area contributed by atoms with E-state index in [1.165, 1.54) is 5.56 Å². The van der Waals surface area contributed by atoms with Crippen molar-refractivity contribution in [2.45, 2.75) is 32.7 Å². The van der Waals surface area contributed by atoms with Gasteiger partial charge in [0.2, 0.25) is 17.7 Å². The maximum Gasteiger partial charge on any atom is 0.247 e. The molecular weight excluding hydrogens is 326 g/mol. The molecule has 0 radical (unpaired) electrons. The second-order valence-electron chi connectivity index (χ2n) is 6.61. The number of carbonyl (C=O) groups excluding carboxylic acids is 1. The van der Waals surface area contributed by atoms with Crippen LogP contribution in [0.5, 0.6) is 0 Å². The van der Waals surface area contributed by atoms with Gasteiger partial charge in [-0.3, -0.25) is 4.79 Å². The monoisotopic (exact) mass is 349 g/mol. The Morgan fingerprint density at radius 3 is 2.31 bits per heavy atom. The van der Waals surface area contributed by atoms with Crippen LogP contribution < -0.4 is 5.32 Å². The van der Waals surface area contributed by atoms with Crippen molar-refractivity contribution >= 4 is 5.91 Å². The molecule has 0 spiro atoms. The molecule has 1 heterocycles. The highest BCUT2D eigenvalue weighted by Gasteiger charge is 2.19. The van der Waals surface area contributed by atoms with E-state index in [-0.39, 0.29) is 18.4 Å². The summed E-state index contributed by atoms with van der Waals surface area (Å²) in [6.45, 7) is 4.50. The van der Waals surface area contributed by atoms with Crippen molar-refractivity contribution < 1.29 is 9.21 Å². The molecule has 0 bridgehead atoms. The molecule has 0 saturated carbocycles. The lowest BCUT2D eigenvalue weighted by Gasteiger charge is -2.20. The third-order valence-electron chi connectivity index (χ3n) is 4.36. The van der Waals surface area contributed by atoms with Crippen molar-refractivity contribution in [1.29, 1.82) is 0 Å². The molecule has 5 heteroatoms. The molecule has 3 rings (SSSR count). The molecule has 2 aromatic carbocycles. The van der Waals surface area contributed by atoms with Gasteiger partial charge in [0.1, 0.15) is 0 Å². The SMILES string of the molecule is CC(C)C(CC(=O)NCc1nnc(-c2ccccc2)o1)c1ccccc1. The first-order valence-corrected chi connectivity index (χ1v) is 8.83. The van der Waals surface area contributed by atoms with Gasteiger partial charge in [0.05, 0.1) is 6.54 Å². The summed E-state index contributed by atoms with van der Waals surface area (Å²) in [6, 6.07) is 19.7. The van der Waals surface area contributed by atoms with E-state index in [9.17, 15) is 4.79 Å². The summed E-state index contributed by atoms with van der Waals surface area (Å²) < 4.78 is 5.62. The molecule has 0 fully saturated rings. The number of nitrogens with one attached hydrogen (secondary N) is 1. The van der Waals surface area contributed by atoms with Crippen molar-refractivity contribution in [2.24, 2.45) is 5.92 Å². The second-order valence-corrected chi connectivity index (χ2v) is 6.61. The molecule has 1 unspecified atom stereocenters. The number of benzene rings is 2. The predicted octanol–water partition coefficient (Wildman–Crippen LogP) is 4.18. The lowest BCUT2D eigenvalue weighted by molar-refractivity contribution is -0.122. The molecular formula is C21H23N3O2. The van der Waals surface area contributed by atoms with Crippen LogP contribution in [0.2, 0.25) is 0 Å². The summed E-state index contributed by atoms with van der Waals surface area (Å²) in [4.78, 5) is 12.4. The van der Waals surface area contributed by atoms with Gasteiger partial charge in [-0.25, -0.2) is 0 Å². The van der Waals surface area contributed by atoms with Gasteiger partial charge < -0.3 is 9.73 Å². The van der Waals surface area contributed by atoms with Crippen molar-refractivity contribution in [1.82, 2.24) is 15.5 Å². The zero-order chi connectivity index (χ0) is 18.4. The van der Waals surface area contributed by atoms with Crippen LogP contribution in [-0.2, 0) is 11.3 Å². The minimum Gasteiger partial charge on any atom is -0.419 e. The van der Waals surface area contributed by atoms with Gasteiger partial charge in [-0.15, -0.1) is 10.2 Å². The molecule has 0 aliphatic carbocycles. The first-order valence-electron chi connectivity index (χ1n) is 8.83. The molecule has 5 nitrogen and oxygen atoms in total. The Labute approximate surface area is 153 Å². The molecule has 1 amide bonds. The van der Waals surface area contributed by atoms with E-state index in [0.717, 1.165) is 5.56 Å². The molecule has 1 aromatic heterocycles. The van der Waals surface area contributed by atoms with Crippen molar-refractivity contribution in [3.63, 3.8) is 0 Å². The Hall–Kier alpha value is -2.95. The van der Waals surface area contributed by atoms with Crippen LogP contribution in [0, 0.1) is 5.92 Å². The van der Waals surface area contributed by atoms with Crippen molar-refractivity contribution in [3.05, 3.63) is 72.1 Å². The highest BCUT2D eigenvalue weighted by Crippen LogP contribution is 2.27. The third kappa shape index (κ3) is 4.57. The maximum absolute atomic E-state index is 12.4. The minimum absolute atomic E-state index is 0.0213. The molecule has 0 aliphatic rings. The van der Waals surface area contributed by atoms with E-state index in [1.54, 1.807) is 0 Å². The Bertz CT molecular complexity index is 829. The Balaban J connectivity index is 1.58. The topological polar surface area (TPSA) is 68.0 Å². The summed E-state index contributed by atoms with van der Waals surface area (Å²) in [5.41, 5.74) is 2.04. The average Bonchev–Trinajstić information content (AvgIpc) is 3.15. The van der Waals surface area contributed by atoms with Gasteiger partial charge in [-0.1, -0.05) is 62.4 Å². The summed E-state index contributed by atoms with van der Waals surface area (Å²) in [5.74, 6) is 1.39.